The summed E-state index contributed by atoms with van der Waals surface area (Å²) < 4.78 is 25.0. The number of amides is 1. The van der Waals surface area contributed by atoms with Gasteiger partial charge in [-0.2, -0.15) is 0 Å². The number of hydrogen-bond acceptors (Lipinski definition) is 4. The van der Waals surface area contributed by atoms with E-state index >= 15 is 0 Å². The molecule has 0 aliphatic carbocycles. The number of nitrogens with zero attached hydrogens (tertiary/aromatic N) is 2. The van der Waals surface area contributed by atoms with Gasteiger partial charge in [0.15, 0.2) is 0 Å². The van der Waals surface area contributed by atoms with Crippen molar-refractivity contribution in [2.24, 2.45) is 0 Å². The molecular formula is C15H15Cl2N3O3S. The zero-order valence-electron chi connectivity index (χ0n) is 12.7. The van der Waals surface area contributed by atoms with Crippen LogP contribution in [0.3, 0.4) is 0 Å². The van der Waals surface area contributed by atoms with Crippen LogP contribution in [0.4, 0.5) is 5.69 Å². The summed E-state index contributed by atoms with van der Waals surface area (Å²) >= 11 is 12.1. The molecule has 0 saturated heterocycles. The van der Waals surface area contributed by atoms with Gasteiger partial charge in [-0.05, 0) is 23.8 Å². The number of aromatic nitrogens is 1. The molecule has 1 aromatic carbocycles. The third kappa shape index (κ3) is 4.83. The molecular weight excluding hydrogens is 373 g/mol. The van der Waals surface area contributed by atoms with Crippen molar-refractivity contribution >= 4 is 44.8 Å². The van der Waals surface area contributed by atoms with E-state index in [9.17, 15) is 13.2 Å². The summed E-state index contributed by atoms with van der Waals surface area (Å²) in [7, 11) is -3.75. The number of sulfonamides is 1. The summed E-state index contributed by atoms with van der Waals surface area (Å²) in [5.41, 5.74) is 0.882. The fourth-order valence-electron chi connectivity index (χ4n) is 1.98. The Morgan fingerprint density at radius 3 is 2.42 bits per heavy atom. The first-order valence-electron chi connectivity index (χ1n) is 6.86. The Bertz CT molecular complexity index is 809. The summed E-state index contributed by atoms with van der Waals surface area (Å²) in [6.07, 6.45) is 4.22. The summed E-state index contributed by atoms with van der Waals surface area (Å²) in [5, 5.41) is 2.93. The molecule has 0 aliphatic heterocycles. The van der Waals surface area contributed by atoms with Crippen molar-refractivity contribution < 1.29 is 13.2 Å². The van der Waals surface area contributed by atoms with Crippen LogP contribution >= 0.6 is 23.2 Å². The van der Waals surface area contributed by atoms with Crippen molar-refractivity contribution in [3.8, 4) is 0 Å². The molecule has 2 aromatic rings. The molecule has 24 heavy (non-hydrogen) atoms. The molecule has 2 rings (SSSR count). The first-order valence-corrected chi connectivity index (χ1v) is 9.47. The molecule has 128 valence electrons. The molecule has 0 aliphatic rings. The van der Waals surface area contributed by atoms with E-state index in [4.69, 9.17) is 23.2 Å². The number of pyridine rings is 1. The molecule has 1 N–H and O–H groups in total. The lowest BCUT2D eigenvalue weighted by Gasteiger charge is -2.23. The number of benzene rings is 1. The van der Waals surface area contributed by atoms with E-state index in [1.807, 2.05) is 0 Å². The van der Waals surface area contributed by atoms with Gasteiger partial charge in [-0.1, -0.05) is 35.3 Å². The number of rotatable bonds is 6. The Balaban J connectivity index is 2.17. The maximum Gasteiger partial charge on any atom is 0.241 e. The Labute approximate surface area is 150 Å². The van der Waals surface area contributed by atoms with Gasteiger partial charge >= 0.3 is 0 Å². The van der Waals surface area contributed by atoms with E-state index in [1.54, 1.807) is 30.6 Å². The first-order chi connectivity index (χ1) is 11.3. The Hall–Kier alpha value is -1.83. The Morgan fingerprint density at radius 1 is 1.21 bits per heavy atom. The second-order valence-corrected chi connectivity index (χ2v) is 7.70. The van der Waals surface area contributed by atoms with E-state index in [-0.39, 0.29) is 22.3 Å². The molecule has 0 saturated carbocycles. The van der Waals surface area contributed by atoms with Crippen LogP contribution in [-0.4, -0.2) is 32.1 Å². The first kappa shape index (κ1) is 18.5. The number of carbonyl (C=O) groups is 1. The zero-order chi connectivity index (χ0) is 17.7. The molecule has 1 amide bonds. The predicted octanol–water partition coefficient (Wildman–Crippen LogP) is 2.47. The number of carbonyl (C=O) groups excluding carboxylic acids is 1. The van der Waals surface area contributed by atoms with Crippen molar-refractivity contribution in [2.75, 3.05) is 17.1 Å². The molecule has 0 radical (unpaired) electrons. The summed E-state index contributed by atoms with van der Waals surface area (Å²) in [6, 6.07) is 8.15. The Kier molecular flexibility index (Phi) is 6.04. The van der Waals surface area contributed by atoms with Crippen molar-refractivity contribution in [1.29, 1.82) is 0 Å². The lowest BCUT2D eigenvalue weighted by molar-refractivity contribution is -0.119. The van der Waals surface area contributed by atoms with Gasteiger partial charge in [0.25, 0.3) is 0 Å². The molecule has 1 aromatic heterocycles. The minimum atomic E-state index is -3.75. The van der Waals surface area contributed by atoms with Gasteiger partial charge in [-0.15, -0.1) is 0 Å². The number of anilines is 1. The van der Waals surface area contributed by atoms with Gasteiger partial charge in [0.1, 0.15) is 6.54 Å². The highest BCUT2D eigenvalue weighted by Gasteiger charge is 2.25. The third-order valence-corrected chi connectivity index (χ3v) is 4.81. The molecule has 0 fully saturated rings. The summed E-state index contributed by atoms with van der Waals surface area (Å²) in [5.74, 6) is -0.486. The predicted molar refractivity (Wildman–Crippen MR) is 94.7 cm³/mol. The van der Waals surface area contributed by atoms with E-state index in [0.29, 0.717) is 0 Å². The van der Waals surface area contributed by atoms with Gasteiger partial charge in [0, 0.05) is 18.9 Å². The molecule has 0 atom stereocenters. The second-order valence-electron chi connectivity index (χ2n) is 4.98. The maximum absolute atomic E-state index is 12.1. The lowest BCUT2D eigenvalue weighted by atomic mass is 10.3. The van der Waals surface area contributed by atoms with Gasteiger partial charge in [0.05, 0.1) is 22.0 Å². The van der Waals surface area contributed by atoms with E-state index in [0.717, 1.165) is 16.1 Å². The monoisotopic (exact) mass is 387 g/mol. The fraction of sp³-hybridized carbons (Fsp3) is 0.200. The topological polar surface area (TPSA) is 79.4 Å². The van der Waals surface area contributed by atoms with Gasteiger partial charge in [0.2, 0.25) is 15.9 Å². The highest BCUT2D eigenvalue weighted by atomic mass is 35.5. The largest absolute Gasteiger partial charge is 0.350 e. The van der Waals surface area contributed by atoms with Crippen LogP contribution in [0.2, 0.25) is 10.0 Å². The highest BCUT2D eigenvalue weighted by Crippen LogP contribution is 2.34. The average molecular weight is 388 g/mol. The van der Waals surface area contributed by atoms with Crippen molar-refractivity contribution in [2.45, 2.75) is 6.54 Å². The van der Waals surface area contributed by atoms with Crippen molar-refractivity contribution in [3.05, 3.63) is 58.3 Å². The molecule has 0 unspecified atom stereocenters. The molecule has 0 bridgehead atoms. The molecule has 1 heterocycles. The van der Waals surface area contributed by atoms with Crippen LogP contribution in [0.5, 0.6) is 0 Å². The number of para-hydroxylation sites is 1. The Morgan fingerprint density at radius 2 is 1.88 bits per heavy atom. The summed E-state index contributed by atoms with van der Waals surface area (Å²) in [6.45, 7) is -0.191. The second kappa shape index (κ2) is 7.83. The third-order valence-electron chi connectivity index (χ3n) is 3.09. The van der Waals surface area contributed by atoms with E-state index in [1.165, 1.54) is 12.1 Å². The minimum absolute atomic E-state index is 0.0832. The van der Waals surface area contributed by atoms with Crippen LogP contribution in [0, 0.1) is 0 Å². The minimum Gasteiger partial charge on any atom is -0.350 e. The smallest absolute Gasteiger partial charge is 0.241 e. The number of halogens is 2. The van der Waals surface area contributed by atoms with Crippen LogP contribution in [0.15, 0.2) is 42.7 Å². The average Bonchev–Trinajstić information content (AvgIpc) is 2.52. The van der Waals surface area contributed by atoms with Gasteiger partial charge in [-0.25, -0.2) is 8.42 Å². The normalized spacial score (nSPS) is 11.1. The van der Waals surface area contributed by atoms with Crippen LogP contribution < -0.4 is 9.62 Å². The maximum atomic E-state index is 12.1. The van der Waals surface area contributed by atoms with E-state index in [2.05, 4.69) is 10.3 Å². The van der Waals surface area contributed by atoms with Crippen LogP contribution in [0.1, 0.15) is 5.56 Å². The summed E-state index contributed by atoms with van der Waals surface area (Å²) in [4.78, 5) is 16.1. The van der Waals surface area contributed by atoms with Crippen LogP contribution in [-0.2, 0) is 21.4 Å². The lowest BCUT2D eigenvalue weighted by Crippen LogP contribution is -2.40. The molecule has 6 nitrogen and oxygen atoms in total. The van der Waals surface area contributed by atoms with Crippen molar-refractivity contribution in [3.63, 3.8) is 0 Å². The fourth-order valence-corrected chi connectivity index (χ4v) is 3.56. The zero-order valence-corrected chi connectivity index (χ0v) is 15.1. The highest BCUT2D eigenvalue weighted by molar-refractivity contribution is 7.92. The van der Waals surface area contributed by atoms with Gasteiger partial charge < -0.3 is 5.32 Å². The van der Waals surface area contributed by atoms with Crippen LogP contribution in [0.25, 0.3) is 0 Å². The molecule has 0 spiro atoms. The quantitative estimate of drug-likeness (QED) is 0.825. The standard InChI is InChI=1S/C15H15Cl2N3O3S/c1-24(22,23)20(15-12(16)5-2-6-13(15)17)10-14(21)19-9-11-4-3-7-18-8-11/h2-8H,9-10H2,1H3,(H,19,21). The number of nitrogens with one attached hydrogen (secondary N) is 1. The van der Waals surface area contributed by atoms with Gasteiger partial charge in [-0.3, -0.25) is 14.1 Å². The molecule has 9 heteroatoms. The van der Waals surface area contributed by atoms with Crippen molar-refractivity contribution in [1.82, 2.24) is 10.3 Å². The van der Waals surface area contributed by atoms with E-state index < -0.39 is 22.5 Å². The SMILES string of the molecule is CS(=O)(=O)N(CC(=O)NCc1cccnc1)c1c(Cl)cccc1Cl. The number of hydrogen-bond donors (Lipinski definition) is 1.